The summed E-state index contributed by atoms with van der Waals surface area (Å²) in [6.07, 6.45) is 0.937. The molecule has 1 atom stereocenters. The van der Waals surface area contributed by atoms with Crippen molar-refractivity contribution in [2.24, 2.45) is 5.92 Å². The summed E-state index contributed by atoms with van der Waals surface area (Å²) in [6.45, 7) is 0.348. The summed E-state index contributed by atoms with van der Waals surface area (Å²) in [5.41, 5.74) is 0.583. The molecule has 0 amide bonds. The first kappa shape index (κ1) is 11.5. The highest BCUT2D eigenvalue weighted by Crippen LogP contribution is 2.32. The second-order valence-electron chi connectivity index (χ2n) is 3.93. The summed E-state index contributed by atoms with van der Waals surface area (Å²) in [5.74, 6) is 1.11. The van der Waals surface area contributed by atoms with Crippen LogP contribution in [0.3, 0.4) is 0 Å². The lowest BCUT2D eigenvalue weighted by atomic mass is 9.91. The molecule has 1 unspecified atom stereocenters. The highest BCUT2D eigenvalue weighted by atomic mass is 16.5. The molecule has 0 saturated heterocycles. The normalized spacial score (nSPS) is 17.9. The van der Waals surface area contributed by atoms with Gasteiger partial charge in [0, 0.05) is 12.5 Å². The van der Waals surface area contributed by atoms with Gasteiger partial charge in [-0.1, -0.05) is 0 Å². The van der Waals surface area contributed by atoms with Gasteiger partial charge in [-0.25, -0.2) is 0 Å². The van der Waals surface area contributed by atoms with Crippen molar-refractivity contribution in [3.63, 3.8) is 0 Å². The number of carbonyl (C=O) groups excluding carboxylic acids is 1. The van der Waals surface area contributed by atoms with Crippen LogP contribution in [-0.4, -0.2) is 19.5 Å². The molecule has 1 aliphatic rings. The Morgan fingerprint density at radius 3 is 3.12 bits per heavy atom. The topological polar surface area (TPSA) is 59.3 Å². The molecule has 1 aromatic carbocycles. The van der Waals surface area contributed by atoms with E-state index in [4.69, 9.17) is 14.7 Å². The summed E-state index contributed by atoms with van der Waals surface area (Å²) in [4.78, 5) is 12.1. The molecule has 0 radical (unpaired) electrons. The summed E-state index contributed by atoms with van der Waals surface area (Å²) < 4.78 is 10.6. The van der Waals surface area contributed by atoms with Crippen molar-refractivity contribution >= 4 is 5.78 Å². The lowest BCUT2D eigenvalue weighted by Crippen LogP contribution is -2.27. The molecule has 1 heterocycles. The first-order valence-electron chi connectivity index (χ1n) is 5.48. The first-order valence-corrected chi connectivity index (χ1v) is 5.48. The molecule has 0 aliphatic carbocycles. The summed E-state index contributed by atoms with van der Waals surface area (Å²) in [5, 5.41) is 8.53. The van der Waals surface area contributed by atoms with E-state index < -0.39 is 0 Å². The van der Waals surface area contributed by atoms with Gasteiger partial charge in [-0.2, -0.15) is 5.26 Å². The number of Topliss-reactive ketones (excluding diaryl/α,β-unsaturated/α-hetero) is 1. The van der Waals surface area contributed by atoms with Crippen molar-refractivity contribution in [3.8, 4) is 17.6 Å². The fraction of sp³-hybridized carbons (Fsp3) is 0.385. The fourth-order valence-corrected chi connectivity index (χ4v) is 1.89. The largest absolute Gasteiger partial charge is 0.497 e. The fourth-order valence-electron chi connectivity index (χ4n) is 1.89. The maximum absolute atomic E-state index is 12.1. The maximum Gasteiger partial charge on any atom is 0.173 e. The van der Waals surface area contributed by atoms with Crippen LogP contribution in [0.1, 0.15) is 23.2 Å². The first-order chi connectivity index (χ1) is 8.26. The number of methoxy groups -OCH3 is 1. The average Bonchev–Trinajstić information content (AvgIpc) is 2.37. The van der Waals surface area contributed by atoms with Crippen LogP contribution in [0.2, 0.25) is 0 Å². The van der Waals surface area contributed by atoms with E-state index in [2.05, 4.69) is 0 Å². The third-order valence-electron chi connectivity index (χ3n) is 2.87. The van der Waals surface area contributed by atoms with Gasteiger partial charge in [0.25, 0.3) is 0 Å². The van der Waals surface area contributed by atoms with Crippen molar-refractivity contribution in [3.05, 3.63) is 23.8 Å². The molecule has 17 heavy (non-hydrogen) atoms. The Balaban J connectivity index is 2.22. The van der Waals surface area contributed by atoms with E-state index >= 15 is 0 Å². The van der Waals surface area contributed by atoms with Crippen molar-refractivity contribution in [2.45, 2.75) is 12.8 Å². The van der Waals surface area contributed by atoms with Crippen molar-refractivity contribution < 1.29 is 14.3 Å². The van der Waals surface area contributed by atoms with Gasteiger partial charge in [0.05, 0.1) is 31.3 Å². The maximum atomic E-state index is 12.1. The van der Waals surface area contributed by atoms with Crippen molar-refractivity contribution in [1.29, 1.82) is 5.26 Å². The summed E-state index contributed by atoms with van der Waals surface area (Å²) >= 11 is 0. The van der Waals surface area contributed by atoms with E-state index in [-0.39, 0.29) is 11.7 Å². The highest BCUT2D eigenvalue weighted by molar-refractivity contribution is 6.01. The molecule has 4 nitrogen and oxygen atoms in total. The zero-order valence-electron chi connectivity index (χ0n) is 9.60. The van der Waals surface area contributed by atoms with Gasteiger partial charge in [-0.3, -0.25) is 4.79 Å². The third kappa shape index (κ3) is 2.23. The number of hydrogen-bond donors (Lipinski definition) is 0. The minimum Gasteiger partial charge on any atom is -0.497 e. The van der Waals surface area contributed by atoms with Gasteiger partial charge >= 0.3 is 0 Å². The second-order valence-corrected chi connectivity index (χ2v) is 3.93. The SMILES string of the molecule is COc1ccc2c(c1)OCC(CCC#N)C2=O. The predicted octanol–water partition coefficient (Wildman–Crippen LogP) is 2.19. The molecule has 2 rings (SSSR count). The Bertz CT molecular complexity index is 476. The number of fused-ring (bicyclic) bond motifs is 1. The second kappa shape index (κ2) is 4.88. The van der Waals surface area contributed by atoms with Crippen LogP contribution in [0.4, 0.5) is 0 Å². The number of rotatable bonds is 3. The molecular weight excluding hydrogens is 218 g/mol. The monoisotopic (exact) mass is 231 g/mol. The molecule has 0 saturated carbocycles. The van der Waals surface area contributed by atoms with E-state index in [1.165, 1.54) is 0 Å². The Hall–Kier alpha value is -2.02. The average molecular weight is 231 g/mol. The molecule has 0 aromatic heterocycles. The Morgan fingerprint density at radius 2 is 2.41 bits per heavy atom. The highest BCUT2D eigenvalue weighted by Gasteiger charge is 2.28. The van der Waals surface area contributed by atoms with E-state index in [1.807, 2.05) is 6.07 Å². The molecule has 1 aliphatic heterocycles. The van der Waals surface area contributed by atoms with Gasteiger partial charge in [0.15, 0.2) is 5.78 Å². The Morgan fingerprint density at radius 1 is 1.59 bits per heavy atom. The van der Waals surface area contributed by atoms with Crippen LogP contribution >= 0.6 is 0 Å². The zero-order chi connectivity index (χ0) is 12.3. The third-order valence-corrected chi connectivity index (χ3v) is 2.87. The molecule has 4 heteroatoms. The molecule has 0 bridgehead atoms. The van der Waals surface area contributed by atoms with Crippen LogP contribution in [0.15, 0.2) is 18.2 Å². The minimum absolute atomic E-state index is 0.0594. The quantitative estimate of drug-likeness (QED) is 0.800. The van der Waals surface area contributed by atoms with Gasteiger partial charge in [-0.05, 0) is 18.6 Å². The number of nitriles is 1. The Kier molecular flexibility index (Phi) is 3.29. The molecule has 88 valence electrons. The Labute approximate surface area is 99.8 Å². The molecule has 0 N–H and O–H groups in total. The van der Waals surface area contributed by atoms with Crippen molar-refractivity contribution in [1.82, 2.24) is 0 Å². The van der Waals surface area contributed by atoms with Gasteiger partial charge in [0.2, 0.25) is 0 Å². The van der Waals surface area contributed by atoms with E-state index in [0.717, 1.165) is 0 Å². The van der Waals surface area contributed by atoms with E-state index in [0.29, 0.717) is 36.5 Å². The number of benzene rings is 1. The number of carbonyl (C=O) groups is 1. The number of ketones is 1. The molecule has 0 spiro atoms. The number of hydrogen-bond acceptors (Lipinski definition) is 4. The smallest absolute Gasteiger partial charge is 0.173 e. The number of nitrogens with zero attached hydrogens (tertiary/aromatic N) is 1. The zero-order valence-corrected chi connectivity index (χ0v) is 9.60. The predicted molar refractivity (Wildman–Crippen MR) is 61.2 cm³/mol. The van der Waals surface area contributed by atoms with Crippen LogP contribution < -0.4 is 9.47 Å². The number of ether oxygens (including phenoxy) is 2. The standard InChI is InChI=1S/C13H13NO3/c1-16-10-4-5-11-12(7-10)17-8-9(13(11)15)3-2-6-14/h4-5,7,9H,2-3,8H2,1H3. The molecule has 0 fully saturated rings. The lowest BCUT2D eigenvalue weighted by molar-refractivity contribution is 0.0822. The van der Waals surface area contributed by atoms with Gasteiger partial charge < -0.3 is 9.47 Å². The summed E-state index contributed by atoms with van der Waals surface area (Å²) in [7, 11) is 1.57. The van der Waals surface area contributed by atoms with Gasteiger partial charge in [-0.15, -0.1) is 0 Å². The minimum atomic E-state index is -0.199. The molecular formula is C13H13NO3. The van der Waals surface area contributed by atoms with Gasteiger partial charge in [0.1, 0.15) is 11.5 Å². The van der Waals surface area contributed by atoms with E-state index in [9.17, 15) is 4.79 Å². The van der Waals surface area contributed by atoms with Crippen LogP contribution in [0.5, 0.6) is 11.5 Å². The van der Waals surface area contributed by atoms with Crippen molar-refractivity contribution in [2.75, 3.05) is 13.7 Å². The van der Waals surface area contributed by atoms with Crippen LogP contribution in [0, 0.1) is 17.2 Å². The lowest BCUT2D eigenvalue weighted by Gasteiger charge is -2.23. The summed E-state index contributed by atoms with van der Waals surface area (Å²) in [6, 6.07) is 7.23. The van der Waals surface area contributed by atoms with E-state index in [1.54, 1.807) is 25.3 Å². The van der Waals surface area contributed by atoms with Crippen LogP contribution in [-0.2, 0) is 0 Å². The molecule has 1 aromatic rings. The van der Waals surface area contributed by atoms with Crippen LogP contribution in [0.25, 0.3) is 0 Å².